The average molecular weight is 312 g/mol. The average Bonchev–Trinajstić information content (AvgIpc) is 2.40. The second-order valence-electron chi connectivity index (χ2n) is 4.81. The van der Waals surface area contributed by atoms with E-state index in [1.165, 1.54) is 24.2 Å². The molecule has 1 heterocycles. The van der Waals surface area contributed by atoms with Crippen LogP contribution in [0.3, 0.4) is 0 Å². The summed E-state index contributed by atoms with van der Waals surface area (Å²) in [6.07, 6.45) is 1.24. The Balaban J connectivity index is 2.06. The van der Waals surface area contributed by atoms with Gasteiger partial charge in [0.15, 0.2) is 0 Å². The van der Waals surface area contributed by atoms with Crippen LogP contribution in [-0.2, 0) is 6.54 Å². The maximum Gasteiger partial charge on any atom is 0.0423 e. The van der Waals surface area contributed by atoms with E-state index in [9.17, 15) is 0 Å². The fraction of sp³-hybridized carbons (Fsp3) is 0.571. The Kier molecular flexibility index (Phi) is 5.03. The SMILES string of the molecule is CCCN1CCN(c2cc(Br)ccc2CN)CC1. The minimum atomic E-state index is 0.609. The van der Waals surface area contributed by atoms with Crippen molar-refractivity contribution in [1.82, 2.24) is 4.90 Å². The quantitative estimate of drug-likeness (QED) is 0.927. The molecule has 0 amide bonds. The lowest BCUT2D eigenvalue weighted by Gasteiger charge is -2.37. The minimum absolute atomic E-state index is 0.609. The maximum atomic E-state index is 5.83. The van der Waals surface area contributed by atoms with E-state index in [4.69, 9.17) is 5.73 Å². The van der Waals surface area contributed by atoms with Crippen molar-refractivity contribution in [2.24, 2.45) is 5.73 Å². The molecular weight excluding hydrogens is 290 g/mol. The first-order chi connectivity index (χ1) is 8.74. The molecule has 4 heteroatoms. The number of rotatable bonds is 4. The molecule has 0 aliphatic carbocycles. The van der Waals surface area contributed by atoms with E-state index >= 15 is 0 Å². The molecule has 0 aromatic heterocycles. The molecular formula is C14H22BrN3. The Hall–Kier alpha value is -0.580. The third-order valence-electron chi connectivity index (χ3n) is 3.52. The van der Waals surface area contributed by atoms with E-state index in [2.05, 4.69) is 50.9 Å². The monoisotopic (exact) mass is 311 g/mol. The fourth-order valence-electron chi connectivity index (χ4n) is 2.53. The molecule has 0 saturated carbocycles. The molecule has 0 unspecified atom stereocenters. The Labute approximate surface area is 118 Å². The third kappa shape index (κ3) is 3.25. The van der Waals surface area contributed by atoms with Gasteiger partial charge in [-0.15, -0.1) is 0 Å². The predicted molar refractivity (Wildman–Crippen MR) is 81.0 cm³/mol. The van der Waals surface area contributed by atoms with Crippen LogP contribution in [0.4, 0.5) is 5.69 Å². The standard InChI is InChI=1S/C14H22BrN3/c1-2-5-17-6-8-18(9-7-17)14-10-13(15)4-3-12(14)11-16/h3-4,10H,2,5-9,11,16H2,1H3. The first kappa shape index (κ1) is 13.8. The lowest BCUT2D eigenvalue weighted by atomic mass is 10.1. The molecule has 1 aliphatic heterocycles. The van der Waals surface area contributed by atoms with Gasteiger partial charge in [-0.25, -0.2) is 0 Å². The van der Waals surface area contributed by atoms with Gasteiger partial charge in [-0.05, 0) is 30.7 Å². The van der Waals surface area contributed by atoms with Crippen LogP contribution < -0.4 is 10.6 Å². The van der Waals surface area contributed by atoms with Crippen LogP contribution >= 0.6 is 15.9 Å². The summed E-state index contributed by atoms with van der Waals surface area (Å²) in [4.78, 5) is 5.00. The molecule has 1 aromatic rings. The van der Waals surface area contributed by atoms with Crippen molar-refractivity contribution < 1.29 is 0 Å². The van der Waals surface area contributed by atoms with Gasteiger partial charge in [0.2, 0.25) is 0 Å². The molecule has 3 nitrogen and oxygen atoms in total. The van der Waals surface area contributed by atoms with Gasteiger partial charge in [0.05, 0.1) is 0 Å². The summed E-state index contributed by atoms with van der Waals surface area (Å²) >= 11 is 3.55. The Morgan fingerprint density at radius 1 is 1.22 bits per heavy atom. The van der Waals surface area contributed by atoms with Crippen molar-refractivity contribution >= 4 is 21.6 Å². The first-order valence-electron chi connectivity index (χ1n) is 6.70. The van der Waals surface area contributed by atoms with Crippen LogP contribution in [0.25, 0.3) is 0 Å². The number of anilines is 1. The molecule has 18 heavy (non-hydrogen) atoms. The Morgan fingerprint density at radius 3 is 2.56 bits per heavy atom. The van der Waals surface area contributed by atoms with E-state index < -0.39 is 0 Å². The molecule has 0 atom stereocenters. The second kappa shape index (κ2) is 6.55. The molecule has 1 aromatic carbocycles. The summed E-state index contributed by atoms with van der Waals surface area (Å²) in [5.74, 6) is 0. The van der Waals surface area contributed by atoms with Crippen molar-refractivity contribution in [3.05, 3.63) is 28.2 Å². The van der Waals surface area contributed by atoms with Crippen molar-refractivity contribution in [3.8, 4) is 0 Å². The van der Waals surface area contributed by atoms with E-state index in [1.807, 2.05) is 0 Å². The Morgan fingerprint density at radius 2 is 1.94 bits per heavy atom. The third-order valence-corrected chi connectivity index (χ3v) is 4.01. The second-order valence-corrected chi connectivity index (χ2v) is 5.72. The normalized spacial score (nSPS) is 17.2. The summed E-state index contributed by atoms with van der Waals surface area (Å²) in [6.45, 7) is 8.59. The maximum absolute atomic E-state index is 5.83. The van der Waals surface area contributed by atoms with E-state index in [1.54, 1.807) is 0 Å². The zero-order chi connectivity index (χ0) is 13.0. The van der Waals surface area contributed by atoms with Crippen molar-refractivity contribution in [1.29, 1.82) is 0 Å². The van der Waals surface area contributed by atoms with Crippen LogP contribution in [0.15, 0.2) is 22.7 Å². The van der Waals surface area contributed by atoms with Gasteiger partial charge < -0.3 is 10.6 Å². The first-order valence-corrected chi connectivity index (χ1v) is 7.49. The smallest absolute Gasteiger partial charge is 0.0423 e. The van der Waals surface area contributed by atoms with Crippen LogP contribution in [0.5, 0.6) is 0 Å². The Bertz CT molecular complexity index is 387. The van der Waals surface area contributed by atoms with Gasteiger partial charge in [-0.2, -0.15) is 0 Å². The van der Waals surface area contributed by atoms with Crippen LogP contribution in [0.1, 0.15) is 18.9 Å². The topological polar surface area (TPSA) is 32.5 Å². The number of hydrogen-bond acceptors (Lipinski definition) is 3. The van der Waals surface area contributed by atoms with Crippen molar-refractivity contribution in [2.45, 2.75) is 19.9 Å². The van der Waals surface area contributed by atoms with Crippen LogP contribution in [0, 0.1) is 0 Å². The number of halogens is 1. The molecule has 2 N–H and O–H groups in total. The number of hydrogen-bond donors (Lipinski definition) is 1. The summed E-state index contributed by atoms with van der Waals surface area (Å²) in [6, 6.07) is 6.38. The lowest BCUT2D eigenvalue weighted by Crippen LogP contribution is -2.46. The highest BCUT2D eigenvalue weighted by Gasteiger charge is 2.18. The minimum Gasteiger partial charge on any atom is -0.369 e. The predicted octanol–water partition coefficient (Wildman–Crippen LogP) is 2.44. The highest BCUT2D eigenvalue weighted by atomic mass is 79.9. The van der Waals surface area contributed by atoms with Crippen LogP contribution in [-0.4, -0.2) is 37.6 Å². The fourth-order valence-corrected chi connectivity index (χ4v) is 2.88. The number of nitrogens with zero attached hydrogens (tertiary/aromatic N) is 2. The highest BCUT2D eigenvalue weighted by Crippen LogP contribution is 2.26. The molecule has 2 rings (SSSR count). The molecule has 1 fully saturated rings. The molecule has 0 bridgehead atoms. The van der Waals surface area contributed by atoms with E-state index in [-0.39, 0.29) is 0 Å². The highest BCUT2D eigenvalue weighted by molar-refractivity contribution is 9.10. The largest absolute Gasteiger partial charge is 0.369 e. The number of piperazine rings is 1. The van der Waals surface area contributed by atoms with Gasteiger partial charge >= 0.3 is 0 Å². The van der Waals surface area contributed by atoms with Gasteiger partial charge in [-0.3, -0.25) is 4.90 Å². The van der Waals surface area contributed by atoms with Crippen LogP contribution in [0.2, 0.25) is 0 Å². The summed E-state index contributed by atoms with van der Waals surface area (Å²) in [5.41, 5.74) is 8.36. The summed E-state index contributed by atoms with van der Waals surface area (Å²) in [7, 11) is 0. The van der Waals surface area contributed by atoms with Gasteiger partial charge in [0.25, 0.3) is 0 Å². The van der Waals surface area contributed by atoms with E-state index in [0.717, 1.165) is 30.7 Å². The molecule has 1 aliphatic rings. The molecule has 1 saturated heterocycles. The molecule has 0 radical (unpaired) electrons. The summed E-state index contributed by atoms with van der Waals surface area (Å²) < 4.78 is 1.13. The molecule has 0 spiro atoms. The zero-order valence-corrected chi connectivity index (χ0v) is 12.6. The zero-order valence-electron chi connectivity index (χ0n) is 11.0. The number of nitrogens with two attached hydrogens (primary N) is 1. The molecule has 100 valence electrons. The number of benzene rings is 1. The van der Waals surface area contributed by atoms with Gasteiger partial charge in [-0.1, -0.05) is 28.9 Å². The van der Waals surface area contributed by atoms with Gasteiger partial charge in [0, 0.05) is 42.9 Å². The van der Waals surface area contributed by atoms with Crippen molar-refractivity contribution in [3.63, 3.8) is 0 Å². The van der Waals surface area contributed by atoms with E-state index in [0.29, 0.717) is 6.54 Å². The summed E-state index contributed by atoms with van der Waals surface area (Å²) in [5, 5.41) is 0. The van der Waals surface area contributed by atoms with Crippen molar-refractivity contribution in [2.75, 3.05) is 37.6 Å². The lowest BCUT2D eigenvalue weighted by molar-refractivity contribution is 0.258. The van der Waals surface area contributed by atoms with Gasteiger partial charge in [0.1, 0.15) is 0 Å².